The van der Waals surface area contributed by atoms with Crippen LogP contribution in [0.15, 0.2) is 12.4 Å². The maximum absolute atomic E-state index is 12.7. The van der Waals surface area contributed by atoms with E-state index in [1.165, 1.54) is 0 Å². The van der Waals surface area contributed by atoms with Crippen LogP contribution in [-0.4, -0.2) is 57.6 Å². The van der Waals surface area contributed by atoms with E-state index in [9.17, 15) is 9.59 Å². The molecule has 0 saturated heterocycles. The lowest BCUT2D eigenvalue weighted by Gasteiger charge is -2.10. The summed E-state index contributed by atoms with van der Waals surface area (Å²) < 4.78 is 14.4. The molecular weight excluding hydrogens is 374 g/mol. The summed E-state index contributed by atoms with van der Waals surface area (Å²) in [5.41, 5.74) is 2.43. The van der Waals surface area contributed by atoms with Crippen LogP contribution in [-0.2, 0) is 35.9 Å². The molecule has 9 nitrogen and oxygen atoms in total. The molecule has 2 aromatic heterocycles. The van der Waals surface area contributed by atoms with E-state index in [-0.39, 0.29) is 18.3 Å². The molecule has 3 rings (SSSR count). The monoisotopic (exact) mass is 403 g/mol. The van der Waals surface area contributed by atoms with Crippen molar-refractivity contribution in [3.05, 3.63) is 35.2 Å². The molecule has 0 fully saturated rings. The number of esters is 1. The Kier molecular flexibility index (Phi) is 7.40. The normalized spacial score (nSPS) is 15.3. The molecular formula is C20H29N5O4. The van der Waals surface area contributed by atoms with Gasteiger partial charge in [-0.05, 0) is 25.7 Å². The molecule has 0 saturated carbocycles. The lowest BCUT2D eigenvalue weighted by molar-refractivity contribution is 0.0476. The van der Waals surface area contributed by atoms with Crippen molar-refractivity contribution in [2.45, 2.75) is 45.6 Å². The van der Waals surface area contributed by atoms with Crippen LogP contribution in [0.5, 0.6) is 0 Å². The third-order valence-electron chi connectivity index (χ3n) is 4.90. The molecule has 2 aromatic rings. The Bertz CT molecular complexity index is 842. The van der Waals surface area contributed by atoms with E-state index in [2.05, 4.69) is 15.4 Å². The van der Waals surface area contributed by atoms with Crippen LogP contribution in [0.1, 0.15) is 58.6 Å². The SMILES string of the molecule is CCc1nn(CCCOC(=O)c2nccn2C)c2c1C(=O)NCCCOCCC2. The predicted molar refractivity (Wildman–Crippen MR) is 106 cm³/mol. The number of aryl methyl sites for hydroxylation is 3. The Morgan fingerprint density at radius 1 is 1.34 bits per heavy atom. The molecule has 0 aliphatic carbocycles. The van der Waals surface area contributed by atoms with Crippen LogP contribution < -0.4 is 5.32 Å². The van der Waals surface area contributed by atoms with Crippen molar-refractivity contribution in [3.8, 4) is 0 Å². The minimum Gasteiger partial charge on any atom is -0.460 e. The summed E-state index contributed by atoms with van der Waals surface area (Å²) >= 11 is 0. The van der Waals surface area contributed by atoms with Crippen molar-refractivity contribution < 1.29 is 19.1 Å². The number of carbonyl (C=O) groups excluding carboxylic acids is 2. The number of nitrogens with one attached hydrogen (secondary N) is 1. The van der Waals surface area contributed by atoms with Gasteiger partial charge in [0, 0.05) is 52.2 Å². The Morgan fingerprint density at radius 3 is 2.93 bits per heavy atom. The first-order valence-corrected chi connectivity index (χ1v) is 10.2. The zero-order valence-corrected chi connectivity index (χ0v) is 17.1. The number of fused-ring (bicyclic) bond motifs is 1. The van der Waals surface area contributed by atoms with Crippen molar-refractivity contribution in [2.75, 3.05) is 26.4 Å². The average molecular weight is 403 g/mol. The molecule has 0 atom stereocenters. The number of ether oxygens (including phenoxy) is 2. The lowest BCUT2D eigenvalue weighted by Crippen LogP contribution is -2.26. The second-order valence-corrected chi connectivity index (χ2v) is 7.02. The van der Waals surface area contributed by atoms with Gasteiger partial charge in [-0.3, -0.25) is 9.48 Å². The van der Waals surface area contributed by atoms with Gasteiger partial charge in [0.1, 0.15) is 0 Å². The highest BCUT2D eigenvalue weighted by atomic mass is 16.5. The van der Waals surface area contributed by atoms with Gasteiger partial charge in [0.05, 0.1) is 23.6 Å². The summed E-state index contributed by atoms with van der Waals surface area (Å²) in [7, 11) is 1.75. The van der Waals surface area contributed by atoms with E-state index in [1.54, 1.807) is 24.0 Å². The summed E-state index contributed by atoms with van der Waals surface area (Å²) in [6, 6.07) is 0. The largest absolute Gasteiger partial charge is 0.460 e. The minimum atomic E-state index is -0.442. The second kappa shape index (κ2) is 10.2. The van der Waals surface area contributed by atoms with E-state index >= 15 is 0 Å². The first kappa shape index (κ1) is 21.0. The molecule has 1 N–H and O–H groups in total. The Hall–Kier alpha value is -2.68. The number of hydrogen-bond acceptors (Lipinski definition) is 6. The Morgan fingerprint density at radius 2 is 2.17 bits per heavy atom. The number of aromatic nitrogens is 4. The van der Waals surface area contributed by atoms with Crippen LogP contribution in [0.3, 0.4) is 0 Å². The molecule has 158 valence electrons. The zero-order valence-electron chi connectivity index (χ0n) is 17.1. The third kappa shape index (κ3) is 5.23. The van der Waals surface area contributed by atoms with Crippen LogP contribution in [0.2, 0.25) is 0 Å². The van der Waals surface area contributed by atoms with Crippen LogP contribution in [0.4, 0.5) is 0 Å². The van der Waals surface area contributed by atoms with Gasteiger partial charge >= 0.3 is 5.97 Å². The standard InChI is InChI=1S/C20H29N5O4/c1-3-15-17-16(7-4-12-28-13-5-8-22-19(17)26)25(23-15)10-6-14-29-20(27)18-21-9-11-24(18)2/h9,11H,3-8,10,12-14H2,1-2H3,(H,22,26). The van der Waals surface area contributed by atoms with Gasteiger partial charge in [-0.2, -0.15) is 5.10 Å². The smallest absolute Gasteiger partial charge is 0.374 e. The molecule has 1 amide bonds. The van der Waals surface area contributed by atoms with Gasteiger partial charge in [0.2, 0.25) is 5.82 Å². The highest BCUT2D eigenvalue weighted by Crippen LogP contribution is 2.19. The van der Waals surface area contributed by atoms with Crippen molar-refractivity contribution in [2.24, 2.45) is 7.05 Å². The molecule has 0 spiro atoms. The first-order chi connectivity index (χ1) is 14.1. The Balaban J connectivity index is 1.66. The molecule has 0 radical (unpaired) electrons. The lowest BCUT2D eigenvalue weighted by atomic mass is 10.1. The summed E-state index contributed by atoms with van der Waals surface area (Å²) in [4.78, 5) is 28.8. The Labute approximate surface area is 170 Å². The van der Waals surface area contributed by atoms with E-state index in [4.69, 9.17) is 9.47 Å². The van der Waals surface area contributed by atoms with E-state index in [0.717, 1.165) is 30.7 Å². The van der Waals surface area contributed by atoms with E-state index < -0.39 is 5.97 Å². The molecule has 1 aliphatic heterocycles. The number of imidazole rings is 1. The molecule has 0 unspecified atom stereocenters. The van der Waals surface area contributed by atoms with Crippen molar-refractivity contribution in [1.29, 1.82) is 0 Å². The van der Waals surface area contributed by atoms with Crippen molar-refractivity contribution in [1.82, 2.24) is 24.6 Å². The molecule has 0 bridgehead atoms. The maximum Gasteiger partial charge on any atom is 0.374 e. The number of nitrogens with zero attached hydrogens (tertiary/aromatic N) is 4. The number of hydrogen-bond donors (Lipinski definition) is 1. The van der Waals surface area contributed by atoms with Gasteiger partial charge in [0.25, 0.3) is 5.91 Å². The molecule has 29 heavy (non-hydrogen) atoms. The molecule has 3 heterocycles. The van der Waals surface area contributed by atoms with Crippen LogP contribution >= 0.6 is 0 Å². The second-order valence-electron chi connectivity index (χ2n) is 7.02. The van der Waals surface area contributed by atoms with Crippen molar-refractivity contribution in [3.63, 3.8) is 0 Å². The molecule has 0 aromatic carbocycles. The summed E-state index contributed by atoms with van der Waals surface area (Å²) in [5.74, 6) is -0.225. The fourth-order valence-electron chi connectivity index (χ4n) is 3.41. The fraction of sp³-hybridized carbons (Fsp3) is 0.600. The van der Waals surface area contributed by atoms with E-state index in [0.29, 0.717) is 44.7 Å². The molecule has 1 aliphatic rings. The van der Waals surface area contributed by atoms with Gasteiger partial charge in [-0.25, -0.2) is 9.78 Å². The summed E-state index contributed by atoms with van der Waals surface area (Å²) in [5, 5.41) is 7.64. The number of carbonyl (C=O) groups is 2. The third-order valence-corrected chi connectivity index (χ3v) is 4.90. The van der Waals surface area contributed by atoms with Crippen LogP contribution in [0, 0.1) is 0 Å². The van der Waals surface area contributed by atoms with Gasteiger partial charge in [-0.15, -0.1) is 0 Å². The maximum atomic E-state index is 12.7. The summed E-state index contributed by atoms with van der Waals surface area (Å²) in [6.45, 7) is 4.76. The average Bonchev–Trinajstić information content (AvgIpc) is 3.29. The van der Waals surface area contributed by atoms with Gasteiger partial charge < -0.3 is 19.4 Å². The number of amides is 1. The fourth-order valence-corrected chi connectivity index (χ4v) is 3.41. The highest BCUT2D eigenvalue weighted by molar-refractivity contribution is 5.96. The number of rotatable bonds is 6. The highest BCUT2D eigenvalue weighted by Gasteiger charge is 2.23. The quantitative estimate of drug-likeness (QED) is 0.580. The predicted octanol–water partition coefficient (Wildman–Crippen LogP) is 1.51. The zero-order chi connectivity index (χ0) is 20.6. The first-order valence-electron chi connectivity index (χ1n) is 10.2. The topological polar surface area (TPSA) is 100 Å². The van der Waals surface area contributed by atoms with E-state index in [1.807, 2.05) is 11.6 Å². The van der Waals surface area contributed by atoms with Gasteiger partial charge in [-0.1, -0.05) is 6.92 Å². The minimum absolute atomic E-state index is 0.0637. The molecule has 9 heteroatoms. The van der Waals surface area contributed by atoms with Gasteiger partial charge in [0.15, 0.2) is 0 Å². The summed E-state index contributed by atoms with van der Waals surface area (Å²) in [6.07, 6.45) is 6.92. The van der Waals surface area contributed by atoms with Crippen molar-refractivity contribution >= 4 is 11.9 Å². The van der Waals surface area contributed by atoms with Crippen LogP contribution in [0.25, 0.3) is 0 Å².